The highest BCUT2D eigenvalue weighted by Gasteiger charge is 2.42. The van der Waals surface area contributed by atoms with Gasteiger partial charge in [-0.3, -0.25) is 4.79 Å². The van der Waals surface area contributed by atoms with E-state index in [9.17, 15) is 4.79 Å². The molecule has 0 spiro atoms. The van der Waals surface area contributed by atoms with Gasteiger partial charge in [0.2, 0.25) is 5.91 Å². The molecular formula is C16H32N2O2. The SMILES string of the molecule is CCCC(CN)(CCC)C(=O)N1CCCC(C)(OC)C1. The topological polar surface area (TPSA) is 55.6 Å². The molecule has 0 aromatic rings. The van der Waals surface area contributed by atoms with Gasteiger partial charge in [0.1, 0.15) is 0 Å². The fourth-order valence-corrected chi connectivity index (χ4v) is 3.47. The Morgan fingerprint density at radius 3 is 2.40 bits per heavy atom. The lowest BCUT2D eigenvalue weighted by molar-refractivity contribution is -0.150. The number of methoxy groups -OCH3 is 1. The number of ether oxygens (including phenoxy) is 1. The third kappa shape index (κ3) is 3.73. The molecule has 4 nitrogen and oxygen atoms in total. The number of nitrogens with two attached hydrogens (primary N) is 1. The molecule has 0 bridgehead atoms. The van der Waals surface area contributed by atoms with Crippen molar-refractivity contribution in [3.8, 4) is 0 Å². The second-order valence-electron chi connectivity index (χ2n) is 6.47. The van der Waals surface area contributed by atoms with Gasteiger partial charge in [-0.2, -0.15) is 0 Å². The number of carbonyl (C=O) groups excluding carboxylic acids is 1. The molecule has 1 fully saturated rings. The van der Waals surface area contributed by atoms with Crippen LogP contribution in [0.25, 0.3) is 0 Å². The molecule has 1 unspecified atom stereocenters. The molecule has 0 saturated carbocycles. The lowest BCUT2D eigenvalue weighted by Crippen LogP contribution is -2.55. The molecule has 2 N–H and O–H groups in total. The molecule has 1 aliphatic heterocycles. The van der Waals surface area contributed by atoms with Gasteiger partial charge in [-0.15, -0.1) is 0 Å². The quantitative estimate of drug-likeness (QED) is 0.781. The summed E-state index contributed by atoms with van der Waals surface area (Å²) < 4.78 is 5.60. The first-order valence-electron chi connectivity index (χ1n) is 8.01. The Kier molecular flexibility index (Phi) is 6.46. The predicted molar refractivity (Wildman–Crippen MR) is 82.5 cm³/mol. The van der Waals surface area contributed by atoms with E-state index in [1.54, 1.807) is 7.11 Å². The molecule has 0 radical (unpaired) electrons. The number of likely N-dealkylation sites (tertiary alicyclic amines) is 1. The first-order chi connectivity index (χ1) is 9.47. The number of hydrogen-bond acceptors (Lipinski definition) is 3. The molecule has 0 aromatic carbocycles. The second kappa shape index (κ2) is 7.41. The van der Waals surface area contributed by atoms with Crippen molar-refractivity contribution in [3.63, 3.8) is 0 Å². The molecular weight excluding hydrogens is 252 g/mol. The first-order valence-corrected chi connectivity index (χ1v) is 8.01. The summed E-state index contributed by atoms with van der Waals surface area (Å²) in [5, 5.41) is 0. The first kappa shape index (κ1) is 17.4. The average molecular weight is 284 g/mol. The largest absolute Gasteiger partial charge is 0.377 e. The van der Waals surface area contributed by atoms with Crippen LogP contribution < -0.4 is 5.73 Å². The maximum atomic E-state index is 13.0. The molecule has 1 aliphatic rings. The van der Waals surface area contributed by atoms with Crippen LogP contribution in [0.15, 0.2) is 0 Å². The maximum Gasteiger partial charge on any atom is 0.230 e. The lowest BCUT2D eigenvalue weighted by Gasteiger charge is -2.44. The smallest absolute Gasteiger partial charge is 0.230 e. The van der Waals surface area contributed by atoms with Gasteiger partial charge >= 0.3 is 0 Å². The van der Waals surface area contributed by atoms with Crippen molar-refractivity contribution >= 4 is 5.91 Å². The van der Waals surface area contributed by atoms with Crippen molar-refractivity contribution in [3.05, 3.63) is 0 Å². The van der Waals surface area contributed by atoms with E-state index in [-0.39, 0.29) is 16.9 Å². The Morgan fingerprint density at radius 2 is 1.95 bits per heavy atom. The third-order valence-electron chi connectivity index (χ3n) is 4.74. The van der Waals surface area contributed by atoms with E-state index >= 15 is 0 Å². The Hall–Kier alpha value is -0.610. The Morgan fingerprint density at radius 1 is 1.35 bits per heavy atom. The van der Waals surface area contributed by atoms with Crippen LogP contribution in [0.4, 0.5) is 0 Å². The minimum atomic E-state index is -0.366. The summed E-state index contributed by atoms with van der Waals surface area (Å²) in [6, 6.07) is 0. The Balaban J connectivity index is 2.88. The van der Waals surface area contributed by atoms with Gasteiger partial charge in [0, 0.05) is 26.7 Å². The molecule has 1 heterocycles. The summed E-state index contributed by atoms with van der Waals surface area (Å²) in [6.45, 7) is 8.33. The summed E-state index contributed by atoms with van der Waals surface area (Å²) in [4.78, 5) is 15.0. The maximum absolute atomic E-state index is 13.0. The van der Waals surface area contributed by atoms with E-state index < -0.39 is 0 Å². The van der Waals surface area contributed by atoms with E-state index in [4.69, 9.17) is 10.5 Å². The molecule has 20 heavy (non-hydrogen) atoms. The summed E-state index contributed by atoms with van der Waals surface area (Å²) in [5.41, 5.74) is 5.44. The van der Waals surface area contributed by atoms with E-state index in [2.05, 4.69) is 20.8 Å². The van der Waals surface area contributed by atoms with E-state index in [0.717, 1.165) is 45.1 Å². The van der Waals surface area contributed by atoms with Crippen LogP contribution >= 0.6 is 0 Å². The van der Waals surface area contributed by atoms with Crippen LogP contribution in [0.5, 0.6) is 0 Å². The van der Waals surface area contributed by atoms with Crippen molar-refractivity contribution < 1.29 is 9.53 Å². The van der Waals surface area contributed by atoms with Gasteiger partial charge in [-0.25, -0.2) is 0 Å². The lowest BCUT2D eigenvalue weighted by atomic mass is 9.77. The Labute approximate surface area is 124 Å². The second-order valence-corrected chi connectivity index (χ2v) is 6.47. The number of piperidine rings is 1. The molecule has 4 heteroatoms. The summed E-state index contributed by atoms with van der Waals surface area (Å²) in [6.07, 6.45) is 5.79. The van der Waals surface area contributed by atoms with Crippen LogP contribution in [0.3, 0.4) is 0 Å². The average Bonchev–Trinajstić information content (AvgIpc) is 2.46. The predicted octanol–water partition coefficient (Wildman–Crippen LogP) is 2.56. The van der Waals surface area contributed by atoms with Crippen molar-refractivity contribution in [1.29, 1.82) is 0 Å². The van der Waals surface area contributed by atoms with Gasteiger partial charge < -0.3 is 15.4 Å². The van der Waals surface area contributed by atoms with Gasteiger partial charge in [0.05, 0.1) is 11.0 Å². The van der Waals surface area contributed by atoms with Crippen LogP contribution in [0.1, 0.15) is 59.3 Å². The summed E-state index contributed by atoms with van der Waals surface area (Å²) >= 11 is 0. The summed E-state index contributed by atoms with van der Waals surface area (Å²) in [5.74, 6) is 0.242. The van der Waals surface area contributed by atoms with Gasteiger partial charge in [-0.1, -0.05) is 26.7 Å². The molecule has 1 saturated heterocycles. The van der Waals surface area contributed by atoms with E-state index in [1.807, 2.05) is 4.90 Å². The van der Waals surface area contributed by atoms with Crippen LogP contribution in [0.2, 0.25) is 0 Å². The van der Waals surface area contributed by atoms with Gasteiger partial charge in [-0.05, 0) is 32.6 Å². The standard InChI is InChI=1S/C16H32N2O2/c1-5-8-16(12-17,9-6-2)14(19)18-11-7-10-15(3,13-18)20-4/h5-13,17H2,1-4H3. The van der Waals surface area contributed by atoms with Gasteiger partial charge in [0.15, 0.2) is 0 Å². The fraction of sp³-hybridized carbons (Fsp3) is 0.938. The highest BCUT2D eigenvalue weighted by molar-refractivity contribution is 5.83. The van der Waals surface area contributed by atoms with Crippen molar-refractivity contribution in [1.82, 2.24) is 4.90 Å². The molecule has 118 valence electrons. The van der Waals surface area contributed by atoms with E-state index in [0.29, 0.717) is 13.1 Å². The number of hydrogen-bond donors (Lipinski definition) is 1. The van der Waals surface area contributed by atoms with Crippen molar-refractivity contribution in [2.45, 2.75) is 64.9 Å². The molecule has 1 atom stereocenters. The van der Waals surface area contributed by atoms with Crippen molar-refractivity contribution in [2.75, 3.05) is 26.7 Å². The fourth-order valence-electron chi connectivity index (χ4n) is 3.47. The summed E-state index contributed by atoms with van der Waals surface area (Å²) in [7, 11) is 1.74. The van der Waals surface area contributed by atoms with Crippen molar-refractivity contribution in [2.24, 2.45) is 11.1 Å². The Bertz CT molecular complexity index is 314. The zero-order chi connectivity index (χ0) is 15.2. The normalized spacial score (nSPS) is 23.9. The van der Waals surface area contributed by atoms with Gasteiger partial charge in [0.25, 0.3) is 0 Å². The number of amides is 1. The minimum absolute atomic E-state index is 0.202. The molecule has 1 amide bonds. The zero-order valence-corrected chi connectivity index (χ0v) is 13.7. The molecule has 1 rings (SSSR count). The molecule has 0 aromatic heterocycles. The number of nitrogens with zero attached hydrogens (tertiary/aromatic N) is 1. The number of carbonyl (C=O) groups is 1. The number of rotatable bonds is 7. The third-order valence-corrected chi connectivity index (χ3v) is 4.74. The van der Waals surface area contributed by atoms with E-state index in [1.165, 1.54) is 0 Å². The highest BCUT2D eigenvalue weighted by atomic mass is 16.5. The minimum Gasteiger partial charge on any atom is -0.377 e. The molecule has 0 aliphatic carbocycles. The van der Waals surface area contributed by atoms with Crippen LogP contribution in [-0.2, 0) is 9.53 Å². The zero-order valence-electron chi connectivity index (χ0n) is 13.7. The monoisotopic (exact) mass is 284 g/mol. The van der Waals surface area contributed by atoms with Crippen LogP contribution in [-0.4, -0.2) is 43.2 Å². The van der Waals surface area contributed by atoms with Crippen LogP contribution in [0, 0.1) is 5.41 Å². The highest BCUT2D eigenvalue weighted by Crippen LogP contribution is 2.34.